The van der Waals surface area contributed by atoms with Crippen LogP contribution in [0.15, 0.2) is 0 Å². The first-order valence-electron chi connectivity index (χ1n) is 7.67. The van der Waals surface area contributed by atoms with E-state index < -0.39 is 0 Å². The molecule has 0 spiro atoms. The molecular weight excluding hydrogens is 238 g/mol. The van der Waals surface area contributed by atoms with Crippen LogP contribution >= 0.6 is 0 Å². The predicted octanol–water partition coefficient (Wildman–Crippen LogP) is 3.77. The van der Waals surface area contributed by atoms with Gasteiger partial charge in [0.25, 0.3) is 0 Å². The second kappa shape index (κ2) is 9.73. The van der Waals surface area contributed by atoms with Gasteiger partial charge in [-0.05, 0) is 73.8 Å². The van der Waals surface area contributed by atoms with E-state index in [-0.39, 0.29) is 11.1 Å². The van der Waals surface area contributed by atoms with E-state index in [9.17, 15) is 0 Å². The van der Waals surface area contributed by atoms with Gasteiger partial charge in [-0.3, -0.25) is 0 Å². The molecule has 0 aliphatic rings. The third-order valence-corrected chi connectivity index (χ3v) is 2.59. The predicted molar refractivity (Wildman–Crippen MR) is 82.7 cm³/mol. The molecule has 0 aromatic carbocycles. The lowest BCUT2D eigenvalue weighted by atomic mass is 10.1. The molecule has 19 heavy (non-hydrogen) atoms. The van der Waals surface area contributed by atoms with E-state index in [0.29, 0.717) is 0 Å². The summed E-state index contributed by atoms with van der Waals surface area (Å²) >= 11 is 0. The minimum Gasteiger partial charge on any atom is -0.381 e. The van der Waals surface area contributed by atoms with Gasteiger partial charge < -0.3 is 14.8 Å². The average molecular weight is 273 g/mol. The lowest BCUT2D eigenvalue weighted by Crippen LogP contribution is -2.36. The maximum atomic E-state index is 5.66. The monoisotopic (exact) mass is 273 g/mol. The maximum absolute atomic E-state index is 5.66. The summed E-state index contributed by atoms with van der Waals surface area (Å²) in [5, 5.41) is 3.48. The molecule has 1 N–H and O–H groups in total. The fraction of sp³-hybridized carbons (Fsp3) is 1.00. The van der Waals surface area contributed by atoms with Gasteiger partial charge in [0.15, 0.2) is 0 Å². The molecule has 0 saturated heterocycles. The van der Waals surface area contributed by atoms with Crippen LogP contribution in [0.1, 0.15) is 67.2 Å². The second-order valence-corrected chi connectivity index (χ2v) is 7.16. The van der Waals surface area contributed by atoms with Crippen LogP contribution in [-0.4, -0.2) is 37.5 Å². The molecule has 116 valence electrons. The zero-order valence-corrected chi connectivity index (χ0v) is 14.0. The Kier molecular flexibility index (Phi) is 9.67. The van der Waals surface area contributed by atoms with Crippen molar-refractivity contribution in [3.05, 3.63) is 0 Å². The summed E-state index contributed by atoms with van der Waals surface area (Å²) < 4.78 is 11.3. The molecule has 0 aliphatic heterocycles. The Hall–Kier alpha value is -0.120. The van der Waals surface area contributed by atoms with Crippen LogP contribution in [0.5, 0.6) is 0 Å². The third kappa shape index (κ3) is 17.9. The Bertz CT molecular complexity index is 182. The van der Waals surface area contributed by atoms with Crippen LogP contribution in [0.25, 0.3) is 0 Å². The van der Waals surface area contributed by atoms with Gasteiger partial charge in [0, 0.05) is 25.4 Å². The fourth-order valence-corrected chi connectivity index (χ4v) is 1.58. The molecule has 0 heterocycles. The van der Waals surface area contributed by atoms with E-state index in [1.54, 1.807) is 0 Å². The van der Waals surface area contributed by atoms with Crippen LogP contribution in [0, 0.1) is 0 Å². The number of nitrogens with one attached hydrogen (secondary N) is 1. The number of hydrogen-bond donors (Lipinski definition) is 1. The molecule has 0 atom stereocenters. The van der Waals surface area contributed by atoms with E-state index in [2.05, 4.69) is 46.9 Å². The van der Waals surface area contributed by atoms with Gasteiger partial charge in [-0.2, -0.15) is 0 Å². The van der Waals surface area contributed by atoms with Crippen molar-refractivity contribution in [2.24, 2.45) is 0 Å². The van der Waals surface area contributed by atoms with Gasteiger partial charge in [0.2, 0.25) is 0 Å². The molecule has 0 aliphatic carbocycles. The molecular formula is C16H35NO2. The van der Waals surface area contributed by atoms with Gasteiger partial charge in [0.05, 0.1) is 5.60 Å². The highest BCUT2D eigenvalue weighted by atomic mass is 16.5. The van der Waals surface area contributed by atoms with Crippen molar-refractivity contribution in [1.82, 2.24) is 5.32 Å². The molecule has 0 aromatic heterocycles. The van der Waals surface area contributed by atoms with Crippen molar-refractivity contribution in [3.63, 3.8) is 0 Å². The molecule has 0 rings (SSSR count). The van der Waals surface area contributed by atoms with Crippen molar-refractivity contribution in [3.8, 4) is 0 Å². The number of rotatable bonds is 10. The van der Waals surface area contributed by atoms with E-state index in [1.165, 1.54) is 6.42 Å². The van der Waals surface area contributed by atoms with Crippen molar-refractivity contribution in [2.45, 2.75) is 78.4 Å². The van der Waals surface area contributed by atoms with Gasteiger partial charge in [0.1, 0.15) is 0 Å². The van der Waals surface area contributed by atoms with Crippen molar-refractivity contribution >= 4 is 0 Å². The summed E-state index contributed by atoms with van der Waals surface area (Å²) in [6, 6.07) is 0. The van der Waals surface area contributed by atoms with Crippen molar-refractivity contribution in [1.29, 1.82) is 0 Å². The molecule has 0 unspecified atom stereocenters. The maximum Gasteiger partial charge on any atom is 0.0598 e. The highest BCUT2D eigenvalue weighted by Gasteiger charge is 2.08. The van der Waals surface area contributed by atoms with E-state index in [1.807, 2.05) is 0 Å². The normalized spacial score (nSPS) is 12.9. The fourth-order valence-electron chi connectivity index (χ4n) is 1.58. The Morgan fingerprint density at radius 2 is 1.26 bits per heavy atom. The SMILES string of the molecule is CC(C)(C)NCCCCOCCCCOC(C)(C)C. The average Bonchev–Trinajstić information content (AvgIpc) is 2.22. The van der Waals surface area contributed by atoms with Crippen LogP contribution in [0.4, 0.5) is 0 Å². The van der Waals surface area contributed by atoms with E-state index >= 15 is 0 Å². The van der Waals surface area contributed by atoms with Gasteiger partial charge >= 0.3 is 0 Å². The molecule has 3 heteroatoms. The summed E-state index contributed by atoms with van der Waals surface area (Å²) in [7, 11) is 0. The summed E-state index contributed by atoms with van der Waals surface area (Å²) in [4.78, 5) is 0. The molecule has 0 radical (unpaired) electrons. The zero-order valence-electron chi connectivity index (χ0n) is 14.0. The van der Waals surface area contributed by atoms with Crippen molar-refractivity contribution < 1.29 is 9.47 Å². The molecule has 0 aromatic rings. The van der Waals surface area contributed by atoms with E-state index in [4.69, 9.17) is 9.47 Å². The minimum atomic E-state index is -0.0130. The summed E-state index contributed by atoms with van der Waals surface area (Å²) in [5.74, 6) is 0. The number of unbranched alkanes of at least 4 members (excludes halogenated alkanes) is 2. The summed E-state index contributed by atoms with van der Waals surface area (Å²) in [6.07, 6.45) is 4.51. The Labute approximate surface area is 120 Å². The lowest BCUT2D eigenvalue weighted by molar-refractivity contribution is -0.00732. The highest BCUT2D eigenvalue weighted by molar-refractivity contribution is 4.69. The highest BCUT2D eigenvalue weighted by Crippen LogP contribution is 2.07. The summed E-state index contributed by atoms with van der Waals surface area (Å²) in [6.45, 7) is 16.5. The van der Waals surface area contributed by atoms with Crippen molar-refractivity contribution in [2.75, 3.05) is 26.4 Å². The van der Waals surface area contributed by atoms with Gasteiger partial charge in [-0.25, -0.2) is 0 Å². The van der Waals surface area contributed by atoms with Crippen LogP contribution in [-0.2, 0) is 9.47 Å². The smallest absolute Gasteiger partial charge is 0.0598 e. The zero-order chi connectivity index (χ0) is 14.8. The Balaban J connectivity index is 3.12. The standard InChI is InChI=1S/C16H35NO2/c1-15(2,3)17-11-7-8-12-18-13-9-10-14-19-16(4,5)6/h17H,7-14H2,1-6H3. The first-order chi connectivity index (χ1) is 8.71. The van der Waals surface area contributed by atoms with Crippen LogP contribution in [0.3, 0.4) is 0 Å². The Morgan fingerprint density at radius 3 is 1.79 bits per heavy atom. The largest absolute Gasteiger partial charge is 0.381 e. The van der Waals surface area contributed by atoms with Gasteiger partial charge in [-0.1, -0.05) is 0 Å². The van der Waals surface area contributed by atoms with Gasteiger partial charge in [-0.15, -0.1) is 0 Å². The molecule has 0 bridgehead atoms. The molecule has 3 nitrogen and oxygen atoms in total. The number of ether oxygens (including phenoxy) is 2. The summed E-state index contributed by atoms with van der Waals surface area (Å²) in [5.41, 5.74) is 0.217. The number of hydrogen-bond acceptors (Lipinski definition) is 3. The first kappa shape index (κ1) is 18.9. The van der Waals surface area contributed by atoms with Crippen LogP contribution in [0.2, 0.25) is 0 Å². The van der Waals surface area contributed by atoms with Crippen LogP contribution < -0.4 is 5.32 Å². The topological polar surface area (TPSA) is 30.5 Å². The molecule has 0 saturated carbocycles. The molecule has 0 fully saturated rings. The molecule has 0 amide bonds. The van der Waals surface area contributed by atoms with E-state index in [0.717, 1.165) is 45.6 Å². The Morgan fingerprint density at radius 1 is 0.737 bits per heavy atom. The lowest BCUT2D eigenvalue weighted by Gasteiger charge is -2.20. The first-order valence-corrected chi connectivity index (χ1v) is 7.67. The third-order valence-electron chi connectivity index (χ3n) is 2.59. The second-order valence-electron chi connectivity index (χ2n) is 7.16. The minimum absolute atomic E-state index is 0.0130. The quantitative estimate of drug-likeness (QED) is 0.615.